The van der Waals surface area contributed by atoms with Crippen molar-refractivity contribution in [1.29, 1.82) is 0 Å². The average Bonchev–Trinajstić information content (AvgIpc) is 3.08. The number of hydrogen-bond donors (Lipinski definition) is 1. The van der Waals surface area contributed by atoms with Crippen molar-refractivity contribution in [2.75, 3.05) is 13.7 Å². The van der Waals surface area contributed by atoms with E-state index in [2.05, 4.69) is 21.2 Å². The van der Waals surface area contributed by atoms with Gasteiger partial charge in [-0.2, -0.15) is 0 Å². The van der Waals surface area contributed by atoms with Gasteiger partial charge < -0.3 is 15.0 Å². The summed E-state index contributed by atoms with van der Waals surface area (Å²) in [6.45, 7) is 0.823. The molecule has 0 saturated carbocycles. The van der Waals surface area contributed by atoms with Crippen LogP contribution in [0, 0.1) is 0 Å². The predicted octanol–water partition coefficient (Wildman–Crippen LogP) is 4.51. The highest BCUT2D eigenvalue weighted by Crippen LogP contribution is 2.34. The van der Waals surface area contributed by atoms with E-state index < -0.39 is 6.04 Å². The molecule has 0 fully saturated rings. The van der Waals surface area contributed by atoms with Crippen LogP contribution >= 0.6 is 15.9 Å². The molecule has 158 valence electrons. The summed E-state index contributed by atoms with van der Waals surface area (Å²) < 4.78 is 6.40. The van der Waals surface area contributed by atoms with Crippen LogP contribution in [0.25, 0.3) is 0 Å². The Bertz CT molecular complexity index is 1100. The highest BCUT2D eigenvalue weighted by Gasteiger charge is 2.40. The largest absolute Gasteiger partial charge is 0.496 e. The second kappa shape index (κ2) is 9.35. The number of benzene rings is 3. The van der Waals surface area contributed by atoms with Crippen LogP contribution in [0.1, 0.15) is 33.1 Å². The Morgan fingerprint density at radius 3 is 2.58 bits per heavy atom. The maximum absolute atomic E-state index is 13.2. The van der Waals surface area contributed by atoms with Crippen molar-refractivity contribution < 1.29 is 14.3 Å². The maximum Gasteiger partial charge on any atom is 0.255 e. The van der Waals surface area contributed by atoms with Crippen LogP contribution < -0.4 is 10.1 Å². The van der Waals surface area contributed by atoms with Crippen LogP contribution in [-0.2, 0) is 17.8 Å². The number of amides is 2. The van der Waals surface area contributed by atoms with Gasteiger partial charge in [-0.1, -0.05) is 64.5 Å². The number of methoxy groups -OCH3 is 1. The highest BCUT2D eigenvalue weighted by molar-refractivity contribution is 9.10. The molecule has 0 aliphatic carbocycles. The Morgan fingerprint density at radius 2 is 1.81 bits per heavy atom. The molecule has 1 heterocycles. The molecule has 0 radical (unpaired) electrons. The number of fused-ring (bicyclic) bond motifs is 1. The van der Waals surface area contributed by atoms with Crippen LogP contribution in [0.4, 0.5) is 0 Å². The van der Waals surface area contributed by atoms with Gasteiger partial charge in [0.25, 0.3) is 5.91 Å². The van der Waals surface area contributed by atoms with Crippen LogP contribution in [-0.4, -0.2) is 30.4 Å². The molecule has 0 aromatic heterocycles. The zero-order valence-electron chi connectivity index (χ0n) is 17.2. The third kappa shape index (κ3) is 4.49. The normalized spacial score (nSPS) is 15.0. The van der Waals surface area contributed by atoms with Crippen molar-refractivity contribution in [3.8, 4) is 5.75 Å². The van der Waals surface area contributed by atoms with Crippen LogP contribution in [0.5, 0.6) is 5.75 Å². The molecule has 0 spiro atoms. The first kappa shape index (κ1) is 21.1. The van der Waals surface area contributed by atoms with Crippen molar-refractivity contribution in [2.24, 2.45) is 0 Å². The Kier molecular flexibility index (Phi) is 6.37. The summed E-state index contributed by atoms with van der Waals surface area (Å²) in [5.74, 6) is 0.463. The van der Waals surface area contributed by atoms with Crippen molar-refractivity contribution in [3.05, 3.63) is 99.5 Å². The van der Waals surface area contributed by atoms with E-state index in [9.17, 15) is 9.59 Å². The minimum Gasteiger partial charge on any atom is -0.496 e. The summed E-state index contributed by atoms with van der Waals surface area (Å²) in [6, 6.07) is 22.2. The molecule has 4 rings (SSSR count). The predicted molar refractivity (Wildman–Crippen MR) is 123 cm³/mol. The van der Waals surface area contributed by atoms with Crippen molar-refractivity contribution >= 4 is 27.7 Å². The summed E-state index contributed by atoms with van der Waals surface area (Å²) in [5.41, 5.74) is 3.32. The standard InChI is InChI=1S/C25H23BrN2O3/c1-31-22-12-11-19(26)15-18(22)13-14-28-23(20-9-5-6-10-21(20)25(28)30)24(29)27-16-17-7-3-2-4-8-17/h2-12,15,23H,13-14,16H2,1H3,(H,27,29). The lowest BCUT2D eigenvalue weighted by atomic mass is 10.0. The molecule has 0 saturated heterocycles. The zero-order chi connectivity index (χ0) is 21.8. The van der Waals surface area contributed by atoms with Gasteiger partial charge >= 0.3 is 0 Å². The van der Waals surface area contributed by atoms with E-state index in [-0.39, 0.29) is 11.8 Å². The first-order valence-electron chi connectivity index (χ1n) is 10.1. The zero-order valence-corrected chi connectivity index (χ0v) is 18.8. The number of nitrogens with zero attached hydrogens (tertiary/aromatic N) is 1. The fourth-order valence-electron chi connectivity index (χ4n) is 3.95. The number of halogens is 1. The molecule has 31 heavy (non-hydrogen) atoms. The van der Waals surface area contributed by atoms with Crippen molar-refractivity contribution in [2.45, 2.75) is 19.0 Å². The van der Waals surface area contributed by atoms with Gasteiger partial charge in [-0.15, -0.1) is 0 Å². The Morgan fingerprint density at radius 1 is 1.06 bits per heavy atom. The molecule has 2 amide bonds. The molecule has 5 nitrogen and oxygen atoms in total. The summed E-state index contributed by atoms with van der Waals surface area (Å²) in [6.07, 6.45) is 0.574. The van der Waals surface area contributed by atoms with Crippen LogP contribution in [0.2, 0.25) is 0 Å². The molecule has 3 aromatic carbocycles. The Hall–Kier alpha value is -3.12. The van der Waals surface area contributed by atoms with Crippen molar-refractivity contribution in [3.63, 3.8) is 0 Å². The third-order valence-electron chi connectivity index (χ3n) is 5.48. The van der Waals surface area contributed by atoms with Crippen molar-refractivity contribution in [1.82, 2.24) is 10.2 Å². The lowest BCUT2D eigenvalue weighted by Crippen LogP contribution is -2.39. The lowest BCUT2D eigenvalue weighted by Gasteiger charge is -2.25. The van der Waals surface area contributed by atoms with Gasteiger partial charge in [0, 0.05) is 23.1 Å². The monoisotopic (exact) mass is 478 g/mol. The highest BCUT2D eigenvalue weighted by atomic mass is 79.9. The number of hydrogen-bond acceptors (Lipinski definition) is 3. The van der Waals surface area contributed by atoms with Gasteiger partial charge in [-0.3, -0.25) is 9.59 Å². The van der Waals surface area contributed by atoms with Gasteiger partial charge in [0.1, 0.15) is 11.8 Å². The molecule has 3 aromatic rings. The Balaban J connectivity index is 1.56. The minimum atomic E-state index is -0.648. The third-order valence-corrected chi connectivity index (χ3v) is 5.97. The molecule has 1 N–H and O–H groups in total. The van der Waals surface area contributed by atoms with Crippen LogP contribution in [0.15, 0.2) is 77.3 Å². The summed E-state index contributed by atoms with van der Waals surface area (Å²) in [5, 5.41) is 3.00. The first-order valence-corrected chi connectivity index (χ1v) is 10.9. The number of rotatable bonds is 7. The average molecular weight is 479 g/mol. The molecule has 1 unspecified atom stereocenters. The van der Waals surface area contributed by atoms with E-state index in [1.54, 1.807) is 18.1 Å². The Labute approximate surface area is 190 Å². The molecule has 6 heteroatoms. The SMILES string of the molecule is COc1ccc(Br)cc1CCN1C(=O)c2ccccc2C1C(=O)NCc1ccccc1. The molecular weight excluding hydrogens is 456 g/mol. The van der Waals surface area contributed by atoms with E-state index >= 15 is 0 Å². The molecule has 1 aliphatic heterocycles. The summed E-state index contributed by atoms with van der Waals surface area (Å²) >= 11 is 3.49. The molecule has 1 aliphatic rings. The van der Waals surface area contributed by atoms with Gasteiger partial charge in [0.05, 0.1) is 7.11 Å². The number of carbonyl (C=O) groups is 2. The topological polar surface area (TPSA) is 58.6 Å². The van der Waals surface area contributed by atoms with E-state index in [4.69, 9.17) is 4.74 Å². The van der Waals surface area contributed by atoms with E-state index in [0.29, 0.717) is 25.1 Å². The summed E-state index contributed by atoms with van der Waals surface area (Å²) in [7, 11) is 1.63. The van der Waals surface area contributed by atoms with Gasteiger partial charge in [-0.05, 0) is 47.4 Å². The quantitative estimate of drug-likeness (QED) is 0.543. The molecule has 0 bridgehead atoms. The second-order valence-electron chi connectivity index (χ2n) is 7.40. The smallest absolute Gasteiger partial charge is 0.255 e. The molecule has 1 atom stereocenters. The number of carbonyl (C=O) groups excluding carboxylic acids is 2. The summed E-state index contributed by atoms with van der Waals surface area (Å²) in [4.78, 5) is 28.0. The number of nitrogens with one attached hydrogen (secondary N) is 1. The number of ether oxygens (including phenoxy) is 1. The maximum atomic E-state index is 13.2. The fourth-order valence-corrected chi connectivity index (χ4v) is 4.36. The molecular formula is C25H23BrN2O3. The lowest BCUT2D eigenvalue weighted by molar-refractivity contribution is -0.125. The second-order valence-corrected chi connectivity index (χ2v) is 8.31. The first-order chi connectivity index (χ1) is 15.1. The van der Waals surface area contributed by atoms with Gasteiger partial charge in [-0.25, -0.2) is 0 Å². The van der Waals surface area contributed by atoms with Crippen LogP contribution in [0.3, 0.4) is 0 Å². The van der Waals surface area contributed by atoms with Gasteiger partial charge in [0.15, 0.2) is 0 Å². The van der Waals surface area contributed by atoms with E-state index in [1.807, 2.05) is 66.7 Å². The van der Waals surface area contributed by atoms with E-state index in [1.165, 1.54) is 0 Å². The van der Waals surface area contributed by atoms with E-state index in [0.717, 1.165) is 26.9 Å². The fraction of sp³-hybridized carbons (Fsp3) is 0.200. The van der Waals surface area contributed by atoms with Gasteiger partial charge in [0.2, 0.25) is 5.91 Å². The minimum absolute atomic E-state index is 0.121.